The predicted octanol–water partition coefficient (Wildman–Crippen LogP) is 6.34. The summed E-state index contributed by atoms with van der Waals surface area (Å²) in [7, 11) is 3.05. The number of benzene rings is 1. The molecule has 1 rings (SSSR count). The van der Waals surface area contributed by atoms with E-state index in [1.807, 2.05) is 6.92 Å². The molecule has 0 aliphatic rings. The second-order valence-electron chi connectivity index (χ2n) is 6.48. The quantitative estimate of drug-likeness (QED) is 0.246. The smallest absolute Gasteiger partial charge is 0.194 e. The summed E-state index contributed by atoms with van der Waals surface area (Å²) in [6.07, 6.45) is 7.82. The number of rotatable bonds is 12. The molecule has 5 heteroatoms. The molecule has 25 heavy (non-hydrogen) atoms. The molecule has 0 aromatic heterocycles. The van der Waals surface area contributed by atoms with Crippen molar-refractivity contribution in [3.8, 4) is 0 Å². The van der Waals surface area contributed by atoms with Crippen LogP contribution in [0.3, 0.4) is 0 Å². The Morgan fingerprint density at radius 2 is 1.40 bits per heavy atom. The number of methoxy groups -OCH3 is 2. The van der Waals surface area contributed by atoms with E-state index in [0.717, 1.165) is 31.4 Å². The number of unbranched alkanes of at least 4 members (excludes halogenated alkanes) is 5. The van der Waals surface area contributed by atoms with Gasteiger partial charge in [-0.25, -0.2) is 13.2 Å². The number of hydrogen-bond acceptors (Lipinski definition) is 2. The number of ether oxygens (including phenoxy) is 2. The van der Waals surface area contributed by atoms with Gasteiger partial charge in [-0.15, -0.1) is 0 Å². The molecule has 2 nitrogen and oxygen atoms in total. The predicted molar refractivity (Wildman–Crippen MR) is 94.1 cm³/mol. The van der Waals surface area contributed by atoms with E-state index in [1.165, 1.54) is 33.5 Å². The molecule has 0 amide bonds. The summed E-state index contributed by atoms with van der Waals surface area (Å²) in [6.45, 7) is 4.07. The maximum atomic E-state index is 13.7. The summed E-state index contributed by atoms with van der Waals surface area (Å²) in [4.78, 5) is 0. The van der Waals surface area contributed by atoms with Crippen LogP contribution < -0.4 is 0 Å². The summed E-state index contributed by atoms with van der Waals surface area (Å²) in [5.41, 5.74) is 0.371. The second-order valence-corrected chi connectivity index (χ2v) is 6.48. The van der Waals surface area contributed by atoms with Crippen LogP contribution in [0.5, 0.6) is 0 Å². The van der Waals surface area contributed by atoms with Gasteiger partial charge in [-0.05, 0) is 30.5 Å². The Balaban J connectivity index is 2.99. The van der Waals surface area contributed by atoms with Crippen LogP contribution >= 0.6 is 0 Å². The monoisotopic (exact) mass is 360 g/mol. The Morgan fingerprint density at radius 3 is 1.88 bits per heavy atom. The molecule has 0 N–H and O–H groups in total. The van der Waals surface area contributed by atoms with Crippen molar-refractivity contribution >= 4 is 0 Å². The van der Waals surface area contributed by atoms with Crippen LogP contribution in [0.1, 0.15) is 76.7 Å². The van der Waals surface area contributed by atoms with Gasteiger partial charge in [0.1, 0.15) is 0 Å². The molecule has 1 aromatic rings. The van der Waals surface area contributed by atoms with Crippen molar-refractivity contribution in [1.29, 1.82) is 0 Å². The third kappa shape index (κ3) is 5.71. The van der Waals surface area contributed by atoms with Crippen molar-refractivity contribution in [3.63, 3.8) is 0 Å². The van der Waals surface area contributed by atoms with Crippen LogP contribution in [0, 0.1) is 17.5 Å². The van der Waals surface area contributed by atoms with Crippen molar-refractivity contribution in [3.05, 3.63) is 35.1 Å². The highest BCUT2D eigenvalue weighted by Crippen LogP contribution is 2.39. The lowest BCUT2D eigenvalue weighted by Gasteiger charge is -2.38. The van der Waals surface area contributed by atoms with E-state index in [2.05, 4.69) is 6.92 Å². The summed E-state index contributed by atoms with van der Waals surface area (Å²) in [5, 5.41) is 0. The van der Waals surface area contributed by atoms with E-state index >= 15 is 0 Å². The third-order valence-electron chi connectivity index (χ3n) is 4.97. The summed E-state index contributed by atoms with van der Waals surface area (Å²) < 4.78 is 52.0. The Kier molecular flexibility index (Phi) is 9.51. The minimum absolute atomic E-state index is 0.371. The van der Waals surface area contributed by atoms with Crippen LogP contribution in [-0.2, 0) is 9.47 Å². The normalized spacial score (nSPS) is 13.2. The molecule has 1 atom stereocenters. The van der Waals surface area contributed by atoms with Gasteiger partial charge in [0.05, 0.1) is 0 Å². The van der Waals surface area contributed by atoms with E-state index in [-0.39, 0.29) is 5.92 Å². The van der Waals surface area contributed by atoms with Crippen molar-refractivity contribution in [2.45, 2.75) is 76.9 Å². The first-order valence-electron chi connectivity index (χ1n) is 9.20. The fourth-order valence-electron chi connectivity index (χ4n) is 3.45. The molecule has 0 saturated heterocycles. The molecule has 0 aliphatic carbocycles. The maximum Gasteiger partial charge on any atom is 0.194 e. The number of hydrogen-bond donors (Lipinski definition) is 0. The van der Waals surface area contributed by atoms with E-state index in [9.17, 15) is 13.2 Å². The molecule has 144 valence electrons. The van der Waals surface area contributed by atoms with E-state index < -0.39 is 23.2 Å². The highest BCUT2D eigenvalue weighted by Gasteiger charge is 2.39. The zero-order valence-corrected chi connectivity index (χ0v) is 15.8. The second kappa shape index (κ2) is 10.8. The zero-order chi connectivity index (χ0) is 18.9. The third-order valence-corrected chi connectivity index (χ3v) is 4.97. The van der Waals surface area contributed by atoms with Gasteiger partial charge in [-0.3, -0.25) is 0 Å². The van der Waals surface area contributed by atoms with Crippen LogP contribution in [0.4, 0.5) is 13.2 Å². The van der Waals surface area contributed by atoms with Gasteiger partial charge in [0, 0.05) is 20.1 Å². The van der Waals surface area contributed by atoms with Gasteiger partial charge < -0.3 is 9.47 Å². The lowest BCUT2D eigenvalue weighted by Crippen LogP contribution is -2.40. The van der Waals surface area contributed by atoms with Gasteiger partial charge in [-0.2, -0.15) is 0 Å². The topological polar surface area (TPSA) is 18.5 Å². The lowest BCUT2D eigenvalue weighted by atomic mass is 9.84. The van der Waals surface area contributed by atoms with Crippen LogP contribution in [-0.4, -0.2) is 20.0 Å². The molecule has 0 radical (unpaired) electrons. The standard InChI is InChI=1S/C20H31F3O2/c1-5-7-8-9-10-11-12-16(20(6-2,24-3)25-4)15-13-17(21)19(23)18(22)14-15/h13-14,16H,5-12H2,1-4H3. The summed E-state index contributed by atoms with van der Waals surface area (Å²) in [6, 6.07) is 2.12. The fraction of sp³-hybridized carbons (Fsp3) is 0.700. The molecule has 0 saturated carbocycles. The summed E-state index contributed by atoms with van der Waals surface area (Å²) in [5.74, 6) is -5.16. The molecule has 0 fully saturated rings. The number of halogens is 3. The first kappa shape index (κ1) is 22.0. The Bertz CT molecular complexity index is 484. The van der Waals surface area contributed by atoms with Gasteiger partial charge >= 0.3 is 0 Å². The van der Waals surface area contributed by atoms with E-state index in [1.54, 1.807) is 0 Å². The molecular formula is C20H31F3O2. The SMILES string of the molecule is CCCCCCCCC(c1cc(F)c(F)c(F)c1)C(CC)(OC)OC. The van der Waals surface area contributed by atoms with Gasteiger partial charge in [-0.1, -0.05) is 52.4 Å². The van der Waals surface area contributed by atoms with Crippen molar-refractivity contribution in [1.82, 2.24) is 0 Å². The van der Waals surface area contributed by atoms with E-state index in [4.69, 9.17) is 9.47 Å². The van der Waals surface area contributed by atoms with Gasteiger partial charge in [0.25, 0.3) is 0 Å². The highest BCUT2D eigenvalue weighted by molar-refractivity contribution is 5.25. The average Bonchev–Trinajstić information content (AvgIpc) is 2.62. The minimum atomic E-state index is -1.45. The first-order chi connectivity index (χ1) is 12.0. The maximum absolute atomic E-state index is 13.7. The lowest BCUT2D eigenvalue weighted by molar-refractivity contribution is -0.225. The average molecular weight is 360 g/mol. The van der Waals surface area contributed by atoms with Gasteiger partial charge in [0.15, 0.2) is 23.2 Å². The van der Waals surface area contributed by atoms with E-state index in [0.29, 0.717) is 18.4 Å². The Hall–Kier alpha value is -1.07. The molecule has 0 heterocycles. The molecule has 0 aliphatic heterocycles. The van der Waals surface area contributed by atoms with Crippen LogP contribution in [0.15, 0.2) is 12.1 Å². The molecule has 0 spiro atoms. The zero-order valence-electron chi connectivity index (χ0n) is 15.8. The Labute approximate surface area is 149 Å². The molecule has 1 unspecified atom stereocenters. The summed E-state index contributed by atoms with van der Waals surface area (Å²) >= 11 is 0. The molecular weight excluding hydrogens is 329 g/mol. The van der Waals surface area contributed by atoms with Crippen LogP contribution in [0.2, 0.25) is 0 Å². The molecule has 0 bridgehead atoms. The molecule has 1 aromatic carbocycles. The van der Waals surface area contributed by atoms with Gasteiger partial charge in [0.2, 0.25) is 0 Å². The van der Waals surface area contributed by atoms with Crippen molar-refractivity contribution in [2.24, 2.45) is 0 Å². The Morgan fingerprint density at radius 1 is 0.880 bits per heavy atom. The largest absolute Gasteiger partial charge is 0.353 e. The fourth-order valence-corrected chi connectivity index (χ4v) is 3.45. The van der Waals surface area contributed by atoms with Crippen molar-refractivity contribution in [2.75, 3.05) is 14.2 Å². The first-order valence-corrected chi connectivity index (χ1v) is 9.20. The van der Waals surface area contributed by atoms with Crippen LogP contribution in [0.25, 0.3) is 0 Å². The highest BCUT2D eigenvalue weighted by atomic mass is 19.2. The minimum Gasteiger partial charge on any atom is -0.353 e. The van der Waals surface area contributed by atoms with Crippen molar-refractivity contribution < 1.29 is 22.6 Å².